The lowest BCUT2D eigenvalue weighted by molar-refractivity contribution is -0.118. The van der Waals surface area contributed by atoms with Crippen molar-refractivity contribution in [3.8, 4) is 5.88 Å². The summed E-state index contributed by atoms with van der Waals surface area (Å²) in [6.45, 7) is 3.77. The van der Waals surface area contributed by atoms with Gasteiger partial charge < -0.3 is 14.8 Å². The molecule has 0 aliphatic heterocycles. The average molecular weight is 376 g/mol. The third-order valence-electron chi connectivity index (χ3n) is 3.29. The Bertz CT molecular complexity index is 787. The molecule has 138 valence electrons. The van der Waals surface area contributed by atoms with Crippen molar-refractivity contribution in [2.24, 2.45) is 0 Å². The molecule has 1 N–H and O–H groups in total. The molecule has 2 heterocycles. The Hall–Kier alpha value is -2.74. The second-order valence-corrected chi connectivity index (χ2v) is 6.46. The highest BCUT2D eigenvalue weighted by Crippen LogP contribution is 2.19. The molecule has 7 nitrogen and oxygen atoms in total. The van der Waals surface area contributed by atoms with Crippen molar-refractivity contribution in [3.63, 3.8) is 0 Å². The molecule has 1 amide bonds. The van der Waals surface area contributed by atoms with E-state index in [-0.39, 0.29) is 29.7 Å². The molecule has 2 rings (SSSR count). The maximum absolute atomic E-state index is 12.2. The molecule has 0 atom stereocenters. The lowest BCUT2D eigenvalue weighted by atomic mass is 10.2. The summed E-state index contributed by atoms with van der Waals surface area (Å²) in [4.78, 5) is 40.7. The van der Waals surface area contributed by atoms with Gasteiger partial charge in [-0.05, 0) is 37.6 Å². The predicted octanol–water partition coefficient (Wildman–Crippen LogP) is 2.26. The normalized spacial score (nSPS) is 10.2. The number of hydrogen-bond acceptors (Lipinski definition) is 7. The molecular weight excluding hydrogens is 356 g/mol. The molecule has 0 fully saturated rings. The molecular formula is C18H20N2O5S. The number of thiophene rings is 1. The van der Waals surface area contributed by atoms with Crippen LogP contribution in [0.4, 0.5) is 0 Å². The van der Waals surface area contributed by atoms with Gasteiger partial charge in [0, 0.05) is 24.5 Å². The summed E-state index contributed by atoms with van der Waals surface area (Å²) in [5, 5.41) is 2.70. The van der Waals surface area contributed by atoms with Crippen molar-refractivity contribution < 1.29 is 23.9 Å². The van der Waals surface area contributed by atoms with Gasteiger partial charge in [0.1, 0.15) is 5.56 Å². The highest BCUT2D eigenvalue weighted by atomic mass is 32.1. The first-order chi connectivity index (χ1) is 12.5. The fraction of sp³-hybridized carbons (Fsp3) is 0.333. The maximum Gasteiger partial charge on any atom is 0.344 e. The van der Waals surface area contributed by atoms with E-state index in [0.29, 0.717) is 24.4 Å². The van der Waals surface area contributed by atoms with Gasteiger partial charge in [0.25, 0.3) is 0 Å². The lowest BCUT2D eigenvalue weighted by Crippen LogP contribution is -2.22. The van der Waals surface area contributed by atoms with Crippen LogP contribution in [0.3, 0.4) is 0 Å². The van der Waals surface area contributed by atoms with Crippen LogP contribution < -0.4 is 10.1 Å². The van der Waals surface area contributed by atoms with E-state index in [4.69, 9.17) is 9.47 Å². The number of pyridine rings is 1. The zero-order valence-electron chi connectivity index (χ0n) is 14.6. The number of nitrogens with one attached hydrogen (secondary N) is 1. The summed E-state index contributed by atoms with van der Waals surface area (Å²) >= 11 is 1.32. The molecule has 8 heteroatoms. The monoisotopic (exact) mass is 376 g/mol. The maximum atomic E-state index is 12.2. The standard InChI is InChI=1S/C18H20N2O5S/c1-3-24-17-14(5-4-9-20-17)18(23)25-11-15(22)16-7-6-13(26-16)8-10-19-12(2)21/h4-7,9H,3,8,10-11H2,1-2H3,(H,19,21). The molecule has 0 aliphatic carbocycles. The number of hydrogen-bond donors (Lipinski definition) is 1. The van der Waals surface area contributed by atoms with Gasteiger partial charge in [-0.1, -0.05) is 0 Å². The number of ketones is 1. The Kier molecular flexibility index (Phi) is 7.28. The molecule has 0 aliphatic rings. The molecule has 0 unspecified atom stereocenters. The molecule has 0 bridgehead atoms. The second kappa shape index (κ2) is 9.67. The quantitative estimate of drug-likeness (QED) is 0.533. The largest absolute Gasteiger partial charge is 0.477 e. The van der Waals surface area contributed by atoms with Crippen molar-refractivity contribution in [1.82, 2.24) is 10.3 Å². The minimum atomic E-state index is -0.655. The number of Topliss-reactive ketones (excluding diaryl/α,β-unsaturated/α-hetero) is 1. The smallest absolute Gasteiger partial charge is 0.344 e. The molecule has 0 radical (unpaired) electrons. The Balaban J connectivity index is 1.89. The number of ether oxygens (including phenoxy) is 2. The predicted molar refractivity (Wildman–Crippen MR) is 96.7 cm³/mol. The van der Waals surface area contributed by atoms with E-state index in [2.05, 4.69) is 10.3 Å². The van der Waals surface area contributed by atoms with Crippen molar-refractivity contribution in [2.45, 2.75) is 20.3 Å². The number of rotatable bonds is 9. The minimum absolute atomic E-state index is 0.0911. The zero-order chi connectivity index (χ0) is 18.9. The summed E-state index contributed by atoms with van der Waals surface area (Å²) < 4.78 is 10.4. The van der Waals surface area contributed by atoms with Crippen molar-refractivity contribution in [2.75, 3.05) is 19.8 Å². The first kappa shape index (κ1) is 19.6. The van der Waals surface area contributed by atoms with Gasteiger partial charge in [-0.3, -0.25) is 9.59 Å². The molecule has 0 saturated heterocycles. The molecule has 2 aromatic rings. The van der Waals surface area contributed by atoms with E-state index in [1.165, 1.54) is 30.5 Å². The van der Waals surface area contributed by atoms with Crippen LogP contribution in [0, 0.1) is 0 Å². The van der Waals surface area contributed by atoms with E-state index < -0.39 is 5.97 Å². The third-order valence-corrected chi connectivity index (χ3v) is 4.47. The lowest BCUT2D eigenvalue weighted by Gasteiger charge is -2.08. The molecule has 2 aromatic heterocycles. The van der Waals surface area contributed by atoms with Gasteiger partial charge in [0.2, 0.25) is 17.6 Å². The van der Waals surface area contributed by atoms with Crippen LogP contribution >= 0.6 is 11.3 Å². The number of carbonyl (C=O) groups excluding carboxylic acids is 3. The summed E-state index contributed by atoms with van der Waals surface area (Å²) in [5.41, 5.74) is 0.185. The van der Waals surface area contributed by atoms with E-state index >= 15 is 0 Å². The first-order valence-corrected chi connectivity index (χ1v) is 8.94. The number of carbonyl (C=O) groups is 3. The van der Waals surface area contributed by atoms with E-state index in [9.17, 15) is 14.4 Å². The SMILES string of the molecule is CCOc1ncccc1C(=O)OCC(=O)c1ccc(CCNC(C)=O)s1. The van der Waals surface area contributed by atoms with Gasteiger partial charge in [0.05, 0.1) is 11.5 Å². The third kappa shape index (κ3) is 5.66. The van der Waals surface area contributed by atoms with Gasteiger partial charge >= 0.3 is 5.97 Å². The Morgan fingerprint density at radius 3 is 2.77 bits per heavy atom. The van der Waals surface area contributed by atoms with E-state index in [1.807, 2.05) is 6.07 Å². The number of amides is 1. The van der Waals surface area contributed by atoms with E-state index in [1.54, 1.807) is 19.1 Å². The summed E-state index contributed by atoms with van der Waals surface area (Å²) in [7, 11) is 0. The van der Waals surface area contributed by atoms with Gasteiger partial charge in [0.15, 0.2) is 6.61 Å². The first-order valence-electron chi connectivity index (χ1n) is 8.12. The fourth-order valence-electron chi connectivity index (χ4n) is 2.10. The number of nitrogens with zero attached hydrogens (tertiary/aromatic N) is 1. The van der Waals surface area contributed by atoms with Gasteiger partial charge in [-0.25, -0.2) is 9.78 Å². The molecule has 26 heavy (non-hydrogen) atoms. The van der Waals surface area contributed by atoms with Crippen LogP contribution in [0.1, 0.15) is 38.8 Å². The van der Waals surface area contributed by atoms with Crippen molar-refractivity contribution in [1.29, 1.82) is 0 Å². The topological polar surface area (TPSA) is 94.6 Å². The number of esters is 1. The Morgan fingerprint density at radius 2 is 2.04 bits per heavy atom. The van der Waals surface area contributed by atoms with E-state index in [0.717, 1.165) is 4.88 Å². The molecule has 0 aromatic carbocycles. The van der Waals surface area contributed by atoms with Crippen LogP contribution in [0.15, 0.2) is 30.5 Å². The zero-order valence-corrected chi connectivity index (χ0v) is 15.4. The van der Waals surface area contributed by atoms with Gasteiger partial charge in [-0.15, -0.1) is 11.3 Å². The van der Waals surface area contributed by atoms with Crippen LogP contribution in [0.2, 0.25) is 0 Å². The summed E-state index contributed by atoms with van der Waals surface area (Å²) in [6, 6.07) is 6.66. The van der Waals surface area contributed by atoms with Crippen LogP contribution in [-0.4, -0.2) is 42.4 Å². The van der Waals surface area contributed by atoms with Crippen molar-refractivity contribution in [3.05, 3.63) is 45.8 Å². The van der Waals surface area contributed by atoms with Crippen LogP contribution in [0.5, 0.6) is 5.88 Å². The highest BCUT2D eigenvalue weighted by Gasteiger charge is 2.17. The van der Waals surface area contributed by atoms with Crippen molar-refractivity contribution >= 4 is 29.0 Å². The van der Waals surface area contributed by atoms with Crippen LogP contribution in [0.25, 0.3) is 0 Å². The highest BCUT2D eigenvalue weighted by molar-refractivity contribution is 7.14. The average Bonchev–Trinajstić information content (AvgIpc) is 3.09. The second-order valence-electron chi connectivity index (χ2n) is 5.29. The number of aromatic nitrogens is 1. The summed E-state index contributed by atoms with van der Waals surface area (Å²) in [5.74, 6) is -0.844. The molecule has 0 spiro atoms. The molecule has 0 saturated carbocycles. The summed E-state index contributed by atoms with van der Waals surface area (Å²) in [6.07, 6.45) is 2.16. The Morgan fingerprint density at radius 1 is 1.23 bits per heavy atom. The van der Waals surface area contributed by atoms with Gasteiger partial charge in [-0.2, -0.15) is 0 Å². The Labute approximate surface area is 155 Å². The fourth-order valence-corrected chi connectivity index (χ4v) is 3.03. The minimum Gasteiger partial charge on any atom is -0.477 e. The van der Waals surface area contributed by atoms with Crippen LogP contribution in [-0.2, 0) is 16.0 Å².